The van der Waals surface area contributed by atoms with Gasteiger partial charge in [0.25, 0.3) is 0 Å². The molecule has 2 aromatic rings. The summed E-state index contributed by atoms with van der Waals surface area (Å²) in [5, 5.41) is 10.4. The zero-order chi connectivity index (χ0) is 15.4. The summed E-state index contributed by atoms with van der Waals surface area (Å²) in [7, 11) is 0. The largest absolute Gasteiger partial charge is 0.370 e. The minimum Gasteiger partial charge on any atom is -0.370 e. The van der Waals surface area contributed by atoms with Crippen molar-refractivity contribution in [3.63, 3.8) is 0 Å². The Hall–Kier alpha value is -1.86. The third-order valence-corrected chi connectivity index (χ3v) is 4.23. The van der Waals surface area contributed by atoms with Crippen molar-refractivity contribution in [2.24, 2.45) is 0 Å². The number of aromatic nitrogens is 3. The lowest BCUT2D eigenvalue weighted by molar-refractivity contribution is -0.113. The number of amides is 1. The van der Waals surface area contributed by atoms with Crippen LogP contribution < -0.4 is 5.32 Å². The number of benzene rings is 1. The maximum atomic E-state index is 11.9. The van der Waals surface area contributed by atoms with Crippen LogP contribution in [0.15, 0.2) is 29.4 Å². The molecule has 1 aromatic carbocycles. The Balaban J connectivity index is 1.49. The van der Waals surface area contributed by atoms with E-state index in [1.165, 1.54) is 11.8 Å². The molecule has 3 rings (SSSR count). The lowest BCUT2D eigenvalue weighted by Gasteiger charge is -2.04. The van der Waals surface area contributed by atoms with Crippen molar-refractivity contribution in [1.29, 1.82) is 0 Å². The molecule has 1 atom stereocenters. The molecule has 0 bridgehead atoms. The summed E-state index contributed by atoms with van der Waals surface area (Å²) in [6.45, 7) is 2.78. The van der Waals surface area contributed by atoms with Crippen molar-refractivity contribution < 1.29 is 9.53 Å². The maximum absolute atomic E-state index is 11.9. The number of hydrogen-bond acceptors (Lipinski definition) is 5. The molecule has 6 nitrogen and oxygen atoms in total. The number of aromatic amines is 1. The number of anilines is 1. The normalized spacial score (nSPS) is 17.6. The molecule has 1 aliphatic rings. The zero-order valence-electron chi connectivity index (χ0n) is 12.3. The number of aryl methyl sites for hydroxylation is 1. The van der Waals surface area contributed by atoms with Gasteiger partial charge >= 0.3 is 0 Å². The van der Waals surface area contributed by atoms with E-state index in [0.717, 1.165) is 36.5 Å². The van der Waals surface area contributed by atoms with Crippen LogP contribution in [0.4, 0.5) is 5.69 Å². The number of H-pyrrole nitrogens is 1. The quantitative estimate of drug-likeness (QED) is 0.829. The molecule has 0 radical (unpaired) electrons. The van der Waals surface area contributed by atoms with Gasteiger partial charge in [0.1, 0.15) is 6.10 Å². The standard InChI is InChI=1S/C15H18N4O2S/c1-10-4-6-11(7-5-10)16-13(20)9-22-15-17-14(18-19-15)12-3-2-8-21-12/h4-7,12H,2-3,8-9H2,1H3,(H,16,20)(H,17,18,19)/t12-/m1/s1. The molecule has 0 saturated carbocycles. The van der Waals surface area contributed by atoms with Gasteiger partial charge in [-0.1, -0.05) is 29.5 Å². The lowest BCUT2D eigenvalue weighted by atomic mass is 10.2. The van der Waals surface area contributed by atoms with Crippen LogP contribution in [0.2, 0.25) is 0 Å². The summed E-state index contributed by atoms with van der Waals surface area (Å²) < 4.78 is 5.54. The van der Waals surface area contributed by atoms with Crippen LogP contribution >= 0.6 is 11.8 Å². The second-order valence-electron chi connectivity index (χ2n) is 5.21. The average molecular weight is 318 g/mol. The Morgan fingerprint density at radius 1 is 1.45 bits per heavy atom. The highest BCUT2D eigenvalue weighted by molar-refractivity contribution is 7.99. The monoisotopic (exact) mass is 318 g/mol. The van der Waals surface area contributed by atoms with Gasteiger partial charge < -0.3 is 10.1 Å². The number of carbonyl (C=O) groups is 1. The SMILES string of the molecule is Cc1ccc(NC(=O)CSc2n[nH]c([C@H]3CCCO3)n2)cc1. The first kappa shape index (κ1) is 15.1. The van der Waals surface area contributed by atoms with Gasteiger partial charge in [0.2, 0.25) is 11.1 Å². The second kappa shape index (κ2) is 6.93. The highest BCUT2D eigenvalue weighted by atomic mass is 32.2. The second-order valence-corrected chi connectivity index (χ2v) is 6.15. The van der Waals surface area contributed by atoms with Crippen molar-refractivity contribution in [3.8, 4) is 0 Å². The number of carbonyl (C=O) groups excluding carboxylic acids is 1. The van der Waals surface area contributed by atoms with Crippen LogP contribution in [0.5, 0.6) is 0 Å². The minimum absolute atomic E-state index is 0.0169. The number of thioether (sulfide) groups is 1. The topological polar surface area (TPSA) is 79.9 Å². The summed E-state index contributed by atoms with van der Waals surface area (Å²) >= 11 is 1.31. The van der Waals surface area contributed by atoms with E-state index in [4.69, 9.17) is 4.74 Å². The van der Waals surface area contributed by atoms with E-state index >= 15 is 0 Å². The Kier molecular flexibility index (Phi) is 4.74. The first-order valence-corrected chi connectivity index (χ1v) is 8.22. The molecule has 116 valence electrons. The van der Waals surface area contributed by atoms with Crippen LogP contribution in [-0.4, -0.2) is 33.4 Å². The van der Waals surface area contributed by atoms with Crippen LogP contribution in [0.3, 0.4) is 0 Å². The third-order valence-electron chi connectivity index (χ3n) is 3.38. The molecule has 2 N–H and O–H groups in total. The summed E-state index contributed by atoms with van der Waals surface area (Å²) in [6.07, 6.45) is 2.03. The van der Waals surface area contributed by atoms with Gasteiger partial charge in [-0.15, -0.1) is 5.10 Å². The molecule has 0 aliphatic carbocycles. The van der Waals surface area contributed by atoms with Crippen LogP contribution in [-0.2, 0) is 9.53 Å². The van der Waals surface area contributed by atoms with Crippen LogP contribution in [0, 0.1) is 6.92 Å². The summed E-state index contributed by atoms with van der Waals surface area (Å²) in [5.41, 5.74) is 1.96. The fraction of sp³-hybridized carbons (Fsp3) is 0.400. The molecule has 0 unspecified atom stereocenters. The summed E-state index contributed by atoms with van der Waals surface area (Å²) in [5.74, 6) is 0.952. The molecule has 22 heavy (non-hydrogen) atoms. The number of nitrogens with one attached hydrogen (secondary N) is 2. The highest BCUT2D eigenvalue weighted by Crippen LogP contribution is 2.26. The third kappa shape index (κ3) is 3.86. The fourth-order valence-electron chi connectivity index (χ4n) is 2.22. The Morgan fingerprint density at radius 2 is 2.27 bits per heavy atom. The number of nitrogens with zero attached hydrogens (tertiary/aromatic N) is 2. The van der Waals surface area contributed by atoms with E-state index in [9.17, 15) is 4.79 Å². The minimum atomic E-state index is -0.0719. The number of hydrogen-bond donors (Lipinski definition) is 2. The van der Waals surface area contributed by atoms with Crippen molar-refractivity contribution in [2.75, 3.05) is 17.7 Å². The summed E-state index contributed by atoms with van der Waals surface area (Å²) in [6, 6.07) is 7.71. The Morgan fingerprint density at radius 3 is 3.00 bits per heavy atom. The van der Waals surface area contributed by atoms with Crippen molar-refractivity contribution >= 4 is 23.4 Å². The van der Waals surface area contributed by atoms with Gasteiger partial charge in [0.15, 0.2) is 5.82 Å². The summed E-state index contributed by atoms with van der Waals surface area (Å²) in [4.78, 5) is 16.3. The van der Waals surface area contributed by atoms with Crippen molar-refractivity contribution in [1.82, 2.24) is 15.2 Å². The van der Waals surface area contributed by atoms with Crippen molar-refractivity contribution in [3.05, 3.63) is 35.7 Å². The smallest absolute Gasteiger partial charge is 0.234 e. The lowest BCUT2D eigenvalue weighted by Crippen LogP contribution is -2.14. The van der Waals surface area contributed by atoms with Crippen LogP contribution in [0.25, 0.3) is 0 Å². The van der Waals surface area contributed by atoms with E-state index in [1.807, 2.05) is 31.2 Å². The van der Waals surface area contributed by atoms with Crippen LogP contribution in [0.1, 0.15) is 30.3 Å². The molecule has 1 saturated heterocycles. The molecule has 2 heterocycles. The molecule has 0 spiro atoms. The number of rotatable bonds is 5. The fourth-order valence-corrected chi connectivity index (χ4v) is 2.83. The van der Waals surface area contributed by atoms with Gasteiger partial charge in [-0.05, 0) is 31.9 Å². The predicted octanol–water partition coefficient (Wildman–Crippen LogP) is 2.70. The van der Waals surface area contributed by atoms with Gasteiger partial charge in [-0.3, -0.25) is 9.89 Å². The van der Waals surface area contributed by atoms with E-state index in [-0.39, 0.29) is 17.8 Å². The Labute approximate surface area is 133 Å². The highest BCUT2D eigenvalue weighted by Gasteiger charge is 2.21. The van der Waals surface area contributed by atoms with Crippen molar-refractivity contribution in [2.45, 2.75) is 31.0 Å². The van der Waals surface area contributed by atoms with Gasteiger partial charge in [0, 0.05) is 12.3 Å². The predicted molar refractivity (Wildman–Crippen MR) is 84.8 cm³/mol. The molecule has 1 aliphatic heterocycles. The van der Waals surface area contributed by atoms with E-state index in [2.05, 4.69) is 20.5 Å². The Bertz CT molecular complexity index is 635. The molecular formula is C15H18N4O2S. The zero-order valence-corrected chi connectivity index (χ0v) is 13.2. The molecular weight excluding hydrogens is 300 g/mol. The van der Waals surface area contributed by atoms with E-state index < -0.39 is 0 Å². The molecule has 1 amide bonds. The first-order valence-electron chi connectivity index (χ1n) is 7.24. The number of ether oxygens (including phenoxy) is 1. The van der Waals surface area contributed by atoms with E-state index in [1.54, 1.807) is 0 Å². The van der Waals surface area contributed by atoms with Gasteiger partial charge in [-0.25, -0.2) is 4.98 Å². The molecule has 1 fully saturated rings. The maximum Gasteiger partial charge on any atom is 0.234 e. The first-order chi connectivity index (χ1) is 10.7. The average Bonchev–Trinajstić information content (AvgIpc) is 3.18. The molecule has 7 heteroatoms. The van der Waals surface area contributed by atoms with Gasteiger partial charge in [0.05, 0.1) is 5.75 Å². The molecule has 1 aromatic heterocycles. The van der Waals surface area contributed by atoms with Gasteiger partial charge in [-0.2, -0.15) is 0 Å². The van der Waals surface area contributed by atoms with E-state index in [0.29, 0.717) is 5.16 Å².